The van der Waals surface area contributed by atoms with Crippen LogP contribution in [0.25, 0.3) is 0 Å². The molecule has 2 heteroatoms. The Balaban J connectivity index is 2.38. The summed E-state index contributed by atoms with van der Waals surface area (Å²) in [4.78, 5) is 0. The van der Waals surface area contributed by atoms with Crippen molar-refractivity contribution in [2.75, 3.05) is 6.61 Å². The van der Waals surface area contributed by atoms with Crippen molar-refractivity contribution >= 4 is 0 Å². The van der Waals surface area contributed by atoms with Gasteiger partial charge < -0.3 is 10.5 Å². The van der Waals surface area contributed by atoms with Crippen LogP contribution in [0.5, 0.6) is 0 Å². The standard InChI is InChI=1S/C19H31NO/c1-6-21-19(9-7-8-13(2)12-19)18(20)17-11-15(4)14(3)10-16(17)5/h10-11,13,18H,6-9,12,20H2,1-5H3. The van der Waals surface area contributed by atoms with Gasteiger partial charge in [-0.25, -0.2) is 0 Å². The lowest BCUT2D eigenvalue weighted by Gasteiger charge is -2.44. The predicted octanol–water partition coefficient (Wildman–Crippen LogP) is 4.60. The summed E-state index contributed by atoms with van der Waals surface area (Å²) in [6.45, 7) is 11.7. The highest BCUT2D eigenvalue weighted by Crippen LogP contribution is 2.43. The molecule has 1 aromatic rings. The summed E-state index contributed by atoms with van der Waals surface area (Å²) < 4.78 is 6.26. The van der Waals surface area contributed by atoms with Crippen LogP contribution in [0, 0.1) is 26.7 Å². The summed E-state index contributed by atoms with van der Waals surface area (Å²) in [7, 11) is 0. The summed E-state index contributed by atoms with van der Waals surface area (Å²) in [5, 5.41) is 0. The number of benzene rings is 1. The molecular weight excluding hydrogens is 258 g/mol. The molecule has 21 heavy (non-hydrogen) atoms. The van der Waals surface area contributed by atoms with Crippen LogP contribution in [0.2, 0.25) is 0 Å². The Kier molecular flexibility index (Phi) is 5.11. The summed E-state index contributed by atoms with van der Waals surface area (Å²) in [5.74, 6) is 0.697. The Bertz CT molecular complexity index is 493. The van der Waals surface area contributed by atoms with E-state index < -0.39 is 0 Å². The molecule has 0 spiro atoms. The predicted molar refractivity (Wildman–Crippen MR) is 89.6 cm³/mol. The molecule has 118 valence electrons. The second-order valence-electron chi connectivity index (χ2n) is 6.97. The molecule has 0 aromatic heterocycles. The number of aryl methyl sites for hydroxylation is 3. The molecule has 3 unspecified atom stereocenters. The summed E-state index contributed by atoms with van der Waals surface area (Å²) >= 11 is 0. The maximum absolute atomic E-state index is 6.75. The quantitative estimate of drug-likeness (QED) is 0.879. The Labute approximate surface area is 130 Å². The minimum Gasteiger partial charge on any atom is -0.373 e. The number of hydrogen-bond donors (Lipinski definition) is 1. The van der Waals surface area contributed by atoms with E-state index >= 15 is 0 Å². The first-order chi connectivity index (χ1) is 9.89. The van der Waals surface area contributed by atoms with Gasteiger partial charge in [0.2, 0.25) is 0 Å². The first kappa shape index (κ1) is 16.5. The number of ether oxygens (including phenoxy) is 1. The molecule has 3 atom stereocenters. The number of hydrogen-bond acceptors (Lipinski definition) is 2. The third-order valence-electron chi connectivity index (χ3n) is 5.21. The molecule has 1 saturated carbocycles. The number of rotatable bonds is 4. The highest BCUT2D eigenvalue weighted by Gasteiger charge is 2.42. The summed E-state index contributed by atoms with van der Waals surface area (Å²) in [6, 6.07) is 4.51. The molecule has 0 heterocycles. The van der Waals surface area contributed by atoms with Gasteiger partial charge in [-0.1, -0.05) is 31.9 Å². The maximum atomic E-state index is 6.75. The van der Waals surface area contributed by atoms with Crippen LogP contribution >= 0.6 is 0 Å². The monoisotopic (exact) mass is 289 g/mol. The van der Waals surface area contributed by atoms with E-state index in [2.05, 4.69) is 46.8 Å². The lowest BCUT2D eigenvalue weighted by molar-refractivity contribution is -0.0939. The second kappa shape index (κ2) is 6.50. The Morgan fingerprint density at radius 2 is 1.90 bits per heavy atom. The van der Waals surface area contributed by atoms with Crippen molar-refractivity contribution in [2.45, 2.75) is 71.9 Å². The van der Waals surface area contributed by atoms with Gasteiger partial charge in [-0.05, 0) is 68.7 Å². The van der Waals surface area contributed by atoms with Crippen LogP contribution in [0.15, 0.2) is 12.1 Å². The van der Waals surface area contributed by atoms with Crippen LogP contribution in [0.4, 0.5) is 0 Å². The molecule has 0 aliphatic heterocycles. The van der Waals surface area contributed by atoms with Crippen molar-refractivity contribution in [3.63, 3.8) is 0 Å². The van der Waals surface area contributed by atoms with E-state index in [-0.39, 0.29) is 11.6 Å². The van der Waals surface area contributed by atoms with Crippen LogP contribution in [-0.2, 0) is 4.74 Å². The van der Waals surface area contributed by atoms with Crippen molar-refractivity contribution < 1.29 is 4.74 Å². The zero-order valence-electron chi connectivity index (χ0n) is 14.3. The molecular formula is C19H31NO. The topological polar surface area (TPSA) is 35.2 Å². The fourth-order valence-electron chi connectivity index (χ4n) is 3.94. The Hall–Kier alpha value is -0.860. The van der Waals surface area contributed by atoms with Gasteiger partial charge >= 0.3 is 0 Å². The molecule has 2 nitrogen and oxygen atoms in total. The van der Waals surface area contributed by atoms with Crippen molar-refractivity contribution in [1.82, 2.24) is 0 Å². The van der Waals surface area contributed by atoms with Crippen LogP contribution in [-0.4, -0.2) is 12.2 Å². The summed E-state index contributed by atoms with van der Waals surface area (Å²) in [6.07, 6.45) is 4.68. The van der Waals surface area contributed by atoms with Crippen molar-refractivity contribution in [1.29, 1.82) is 0 Å². The third-order valence-corrected chi connectivity index (χ3v) is 5.21. The average Bonchev–Trinajstić information content (AvgIpc) is 2.42. The minimum absolute atomic E-state index is 0.0282. The fourth-order valence-corrected chi connectivity index (χ4v) is 3.94. The third kappa shape index (κ3) is 3.32. The van der Waals surface area contributed by atoms with Gasteiger partial charge in [-0.2, -0.15) is 0 Å². The zero-order chi connectivity index (χ0) is 15.6. The van der Waals surface area contributed by atoms with E-state index in [0.29, 0.717) is 5.92 Å². The van der Waals surface area contributed by atoms with Crippen molar-refractivity contribution in [2.24, 2.45) is 11.7 Å². The molecule has 0 saturated heterocycles. The molecule has 1 aliphatic rings. The fraction of sp³-hybridized carbons (Fsp3) is 0.684. The second-order valence-corrected chi connectivity index (χ2v) is 6.97. The number of nitrogens with two attached hydrogens (primary N) is 1. The van der Waals surface area contributed by atoms with Crippen LogP contribution < -0.4 is 5.73 Å². The first-order valence-electron chi connectivity index (χ1n) is 8.37. The highest BCUT2D eigenvalue weighted by molar-refractivity contribution is 5.39. The Morgan fingerprint density at radius 3 is 2.52 bits per heavy atom. The maximum Gasteiger partial charge on any atom is 0.0876 e. The van der Waals surface area contributed by atoms with Crippen LogP contribution in [0.3, 0.4) is 0 Å². The van der Waals surface area contributed by atoms with E-state index in [1.807, 2.05) is 0 Å². The molecule has 1 aliphatic carbocycles. The SMILES string of the molecule is CCOC1(C(N)c2cc(C)c(C)cc2C)CCCC(C)C1. The van der Waals surface area contributed by atoms with Gasteiger partial charge in [-0.15, -0.1) is 0 Å². The largest absolute Gasteiger partial charge is 0.373 e. The summed E-state index contributed by atoms with van der Waals surface area (Å²) in [5.41, 5.74) is 11.8. The smallest absolute Gasteiger partial charge is 0.0876 e. The molecule has 1 fully saturated rings. The lowest BCUT2D eigenvalue weighted by Crippen LogP contribution is -2.47. The van der Waals surface area contributed by atoms with E-state index in [9.17, 15) is 0 Å². The molecule has 0 amide bonds. The van der Waals surface area contributed by atoms with Gasteiger partial charge in [-0.3, -0.25) is 0 Å². The van der Waals surface area contributed by atoms with Crippen molar-refractivity contribution in [3.05, 3.63) is 34.4 Å². The molecule has 0 bridgehead atoms. The molecule has 1 aromatic carbocycles. The normalized spacial score (nSPS) is 27.6. The van der Waals surface area contributed by atoms with E-state index in [1.54, 1.807) is 0 Å². The average molecular weight is 289 g/mol. The van der Waals surface area contributed by atoms with E-state index in [0.717, 1.165) is 19.4 Å². The molecule has 2 rings (SSSR count). The molecule has 0 radical (unpaired) electrons. The van der Waals surface area contributed by atoms with Gasteiger partial charge in [0.05, 0.1) is 11.6 Å². The minimum atomic E-state index is -0.182. The highest BCUT2D eigenvalue weighted by atomic mass is 16.5. The lowest BCUT2D eigenvalue weighted by atomic mass is 9.72. The molecule has 2 N–H and O–H groups in total. The van der Waals surface area contributed by atoms with Gasteiger partial charge in [0, 0.05) is 6.61 Å². The van der Waals surface area contributed by atoms with Crippen molar-refractivity contribution in [3.8, 4) is 0 Å². The zero-order valence-corrected chi connectivity index (χ0v) is 14.3. The van der Waals surface area contributed by atoms with E-state index in [4.69, 9.17) is 10.5 Å². The van der Waals surface area contributed by atoms with Gasteiger partial charge in [0.1, 0.15) is 0 Å². The first-order valence-corrected chi connectivity index (χ1v) is 8.37. The van der Waals surface area contributed by atoms with Gasteiger partial charge in [0.25, 0.3) is 0 Å². The van der Waals surface area contributed by atoms with Crippen LogP contribution in [0.1, 0.15) is 67.8 Å². The van der Waals surface area contributed by atoms with E-state index in [1.165, 1.54) is 35.1 Å². The Morgan fingerprint density at radius 1 is 1.24 bits per heavy atom. The van der Waals surface area contributed by atoms with Gasteiger partial charge in [0.15, 0.2) is 0 Å².